The lowest BCUT2D eigenvalue weighted by atomic mass is 10.0. The Balaban J connectivity index is 1.50. The lowest BCUT2D eigenvalue weighted by molar-refractivity contribution is -0.123. The Morgan fingerprint density at radius 3 is 2.62 bits per heavy atom. The Bertz CT molecular complexity index is 1150. The van der Waals surface area contributed by atoms with Gasteiger partial charge in [0.1, 0.15) is 6.04 Å². The maximum absolute atomic E-state index is 12.9. The van der Waals surface area contributed by atoms with Crippen LogP contribution in [0.15, 0.2) is 83.0 Å². The van der Waals surface area contributed by atoms with Gasteiger partial charge in [-0.2, -0.15) is 0 Å². The summed E-state index contributed by atoms with van der Waals surface area (Å²) in [6, 6.07) is 22.4. The fraction of sp³-hybridized carbons (Fsp3) is 0.130. The SMILES string of the molecule is O=C(NCc1cccs1)[C@H](NCc1ccc2[nH]c(=O)ccc2c1)c1ccccc1. The van der Waals surface area contributed by atoms with E-state index < -0.39 is 6.04 Å². The standard InChI is InChI=1S/C23H21N3O2S/c27-21-11-9-18-13-16(8-10-20(18)26-21)14-24-22(17-5-2-1-3-6-17)23(28)25-15-19-7-4-12-29-19/h1-13,22,24H,14-15H2,(H,25,28)(H,26,27)/t22-/m1/s1. The largest absolute Gasteiger partial charge is 0.350 e. The third kappa shape index (κ3) is 4.80. The highest BCUT2D eigenvalue weighted by Crippen LogP contribution is 2.17. The topological polar surface area (TPSA) is 74.0 Å². The second kappa shape index (κ2) is 8.86. The molecule has 4 aromatic rings. The molecule has 0 fully saturated rings. The number of amides is 1. The molecule has 2 aromatic heterocycles. The van der Waals surface area contributed by atoms with Gasteiger partial charge < -0.3 is 10.3 Å². The van der Waals surface area contributed by atoms with Gasteiger partial charge in [-0.25, -0.2) is 0 Å². The predicted molar refractivity (Wildman–Crippen MR) is 117 cm³/mol. The Kier molecular flexibility index (Phi) is 5.84. The van der Waals surface area contributed by atoms with E-state index in [-0.39, 0.29) is 11.5 Å². The normalized spacial score (nSPS) is 12.0. The average molecular weight is 404 g/mol. The van der Waals surface area contributed by atoms with Gasteiger partial charge in [0.2, 0.25) is 11.5 Å². The van der Waals surface area contributed by atoms with E-state index in [2.05, 4.69) is 15.6 Å². The number of carbonyl (C=O) groups excluding carboxylic acids is 1. The van der Waals surface area contributed by atoms with Crippen LogP contribution in [0.1, 0.15) is 22.0 Å². The first-order valence-corrected chi connectivity index (χ1v) is 10.3. The summed E-state index contributed by atoms with van der Waals surface area (Å²) < 4.78 is 0. The number of aromatic nitrogens is 1. The number of carbonyl (C=O) groups is 1. The van der Waals surface area contributed by atoms with Gasteiger partial charge in [-0.15, -0.1) is 11.3 Å². The summed E-state index contributed by atoms with van der Waals surface area (Å²) >= 11 is 1.62. The highest BCUT2D eigenvalue weighted by Gasteiger charge is 2.19. The lowest BCUT2D eigenvalue weighted by Gasteiger charge is -2.19. The van der Waals surface area contributed by atoms with E-state index in [1.165, 1.54) is 6.07 Å². The number of thiophene rings is 1. The number of rotatable bonds is 7. The highest BCUT2D eigenvalue weighted by molar-refractivity contribution is 7.09. The second-order valence-corrected chi connectivity index (χ2v) is 7.80. The zero-order valence-electron chi connectivity index (χ0n) is 15.7. The zero-order valence-corrected chi connectivity index (χ0v) is 16.5. The number of fused-ring (bicyclic) bond motifs is 1. The molecule has 2 aromatic carbocycles. The van der Waals surface area contributed by atoms with Crippen LogP contribution in [0, 0.1) is 0 Å². The van der Waals surface area contributed by atoms with Crippen molar-refractivity contribution >= 4 is 28.1 Å². The van der Waals surface area contributed by atoms with Crippen molar-refractivity contribution in [1.29, 1.82) is 0 Å². The molecular formula is C23H21N3O2S. The quantitative estimate of drug-likeness (QED) is 0.440. The molecule has 0 saturated heterocycles. The van der Waals surface area contributed by atoms with Crippen molar-refractivity contribution in [2.75, 3.05) is 0 Å². The van der Waals surface area contributed by atoms with Gasteiger partial charge in [-0.3, -0.25) is 14.9 Å². The summed E-state index contributed by atoms with van der Waals surface area (Å²) in [6.45, 7) is 1.05. The van der Waals surface area contributed by atoms with E-state index in [9.17, 15) is 9.59 Å². The van der Waals surface area contributed by atoms with Crippen LogP contribution < -0.4 is 16.2 Å². The molecule has 0 radical (unpaired) electrons. The first-order chi connectivity index (χ1) is 14.2. The van der Waals surface area contributed by atoms with Gasteiger partial charge in [0.05, 0.1) is 6.54 Å². The molecule has 1 amide bonds. The van der Waals surface area contributed by atoms with Crippen LogP contribution in [-0.2, 0) is 17.9 Å². The number of hydrogen-bond acceptors (Lipinski definition) is 4. The minimum atomic E-state index is -0.456. The van der Waals surface area contributed by atoms with E-state index in [0.29, 0.717) is 13.1 Å². The summed E-state index contributed by atoms with van der Waals surface area (Å²) in [5, 5.41) is 9.36. The van der Waals surface area contributed by atoms with Crippen LogP contribution in [0.2, 0.25) is 0 Å². The van der Waals surface area contributed by atoms with Crippen LogP contribution in [0.3, 0.4) is 0 Å². The number of H-pyrrole nitrogens is 1. The van der Waals surface area contributed by atoms with Gasteiger partial charge in [-0.05, 0) is 46.2 Å². The average Bonchev–Trinajstić information content (AvgIpc) is 3.27. The fourth-order valence-corrected chi connectivity index (χ4v) is 3.88. The molecule has 146 valence electrons. The molecule has 6 heteroatoms. The number of hydrogen-bond donors (Lipinski definition) is 3. The van der Waals surface area contributed by atoms with Crippen molar-refractivity contribution in [1.82, 2.24) is 15.6 Å². The van der Waals surface area contributed by atoms with E-state index in [0.717, 1.165) is 26.9 Å². The Morgan fingerprint density at radius 1 is 0.966 bits per heavy atom. The van der Waals surface area contributed by atoms with Crippen molar-refractivity contribution in [3.8, 4) is 0 Å². The Morgan fingerprint density at radius 2 is 1.83 bits per heavy atom. The molecule has 0 aliphatic heterocycles. The number of pyridine rings is 1. The van der Waals surface area contributed by atoms with Crippen LogP contribution in [0.25, 0.3) is 10.9 Å². The zero-order chi connectivity index (χ0) is 20.1. The lowest BCUT2D eigenvalue weighted by Crippen LogP contribution is -2.37. The predicted octanol–water partition coefficient (Wildman–Crippen LogP) is 3.74. The molecule has 3 N–H and O–H groups in total. The third-order valence-corrected chi connectivity index (χ3v) is 5.59. The molecule has 0 aliphatic carbocycles. The van der Waals surface area contributed by atoms with Crippen molar-refractivity contribution in [2.45, 2.75) is 19.1 Å². The summed E-state index contributed by atoms with van der Waals surface area (Å²) in [4.78, 5) is 28.3. The molecule has 5 nitrogen and oxygen atoms in total. The summed E-state index contributed by atoms with van der Waals surface area (Å²) in [6.07, 6.45) is 0. The van der Waals surface area contributed by atoms with Crippen LogP contribution in [0.4, 0.5) is 0 Å². The van der Waals surface area contributed by atoms with Crippen LogP contribution >= 0.6 is 11.3 Å². The Hall–Kier alpha value is -3.22. The minimum absolute atomic E-state index is 0.0604. The maximum atomic E-state index is 12.9. The molecule has 0 spiro atoms. The maximum Gasteiger partial charge on any atom is 0.248 e. The number of nitrogens with one attached hydrogen (secondary N) is 3. The molecule has 29 heavy (non-hydrogen) atoms. The van der Waals surface area contributed by atoms with Crippen LogP contribution in [-0.4, -0.2) is 10.9 Å². The minimum Gasteiger partial charge on any atom is -0.350 e. The second-order valence-electron chi connectivity index (χ2n) is 6.77. The van der Waals surface area contributed by atoms with Gasteiger partial charge in [0.15, 0.2) is 0 Å². The van der Waals surface area contributed by atoms with Crippen LogP contribution in [0.5, 0.6) is 0 Å². The Labute approximate surface area is 172 Å². The van der Waals surface area contributed by atoms with Gasteiger partial charge in [0.25, 0.3) is 0 Å². The van der Waals surface area contributed by atoms with E-state index in [1.807, 2.05) is 66.0 Å². The first-order valence-electron chi connectivity index (χ1n) is 9.39. The van der Waals surface area contributed by atoms with Gasteiger partial charge in [-0.1, -0.05) is 42.5 Å². The first kappa shape index (κ1) is 19.1. The molecule has 0 saturated carbocycles. The molecule has 0 bridgehead atoms. The molecule has 0 unspecified atom stereocenters. The molecule has 1 atom stereocenters. The summed E-state index contributed by atoms with van der Waals surface area (Å²) in [5.41, 5.74) is 2.64. The number of aromatic amines is 1. The smallest absolute Gasteiger partial charge is 0.248 e. The van der Waals surface area contributed by atoms with Gasteiger partial charge >= 0.3 is 0 Å². The van der Waals surface area contributed by atoms with E-state index in [4.69, 9.17) is 0 Å². The number of benzene rings is 2. The summed E-state index contributed by atoms with van der Waals surface area (Å²) in [5.74, 6) is -0.0604. The fourth-order valence-electron chi connectivity index (χ4n) is 3.23. The highest BCUT2D eigenvalue weighted by atomic mass is 32.1. The molecule has 0 aliphatic rings. The molecule has 4 rings (SSSR count). The van der Waals surface area contributed by atoms with Crippen molar-refractivity contribution in [3.63, 3.8) is 0 Å². The molecule has 2 heterocycles. The van der Waals surface area contributed by atoms with E-state index >= 15 is 0 Å². The van der Waals surface area contributed by atoms with Crippen molar-refractivity contribution < 1.29 is 4.79 Å². The summed E-state index contributed by atoms with van der Waals surface area (Å²) in [7, 11) is 0. The van der Waals surface area contributed by atoms with Gasteiger partial charge in [0, 0.05) is 23.0 Å². The monoisotopic (exact) mass is 403 g/mol. The van der Waals surface area contributed by atoms with E-state index in [1.54, 1.807) is 17.4 Å². The van der Waals surface area contributed by atoms with Crippen molar-refractivity contribution in [3.05, 3.63) is 105 Å². The van der Waals surface area contributed by atoms with Crippen molar-refractivity contribution in [2.24, 2.45) is 0 Å². The molecular weight excluding hydrogens is 382 g/mol. The third-order valence-electron chi connectivity index (χ3n) is 4.71.